The van der Waals surface area contributed by atoms with Gasteiger partial charge in [-0.2, -0.15) is 0 Å². The Morgan fingerprint density at radius 1 is 1.00 bits per heavy atom. The number of benzene rings is 1. The molecule has 1 unspecified atom stereocenters. The maximum atomic E-state index is 3.55. The number of unbranched alkanes of at least 4 members (excludes halogenated alkanes) is 2. The molecule has 1 aromatic rings. The Hall–Kier alpha value is -1.02. The van der Waals surface area contributed by atoms with Crippen molar-refractivity contribution in [1.29, 1.82) is 0 Å². The third-order valence-corrected chi connectivity index (χ3v) is 4.11. The van der Waals surface area contributed by atoms with E-state index < -0.39 is 0 Å². The lowest BCUT2D eigenvalue weighted by Gasteiger charge is -2.29. The average molecular weight is 290 g/mol. The van der Waals surface area contributed by atoms with Crippen LogP contribution >= 0.6 is 0 Å². The van der Waals surface area contributed by atoms with Crippen molar-refractivity contribution in [3.05, 3.63) is 29.8 Å². The summed E-state index contributed by atoms with van der Waals surface area (Å²) in [6.07, 6.45) is 5.02. The van der Waals surface area contributed by atoms with Crippen molar-refractivity contribution in [3.8, 4) is 0 Å². The molecule has 21 heavy (non-hydrogen) atoms. The lowest BCUT2D eigenvalue weighted by molar-refractivity contribution is 0.537. The fourth-order valence-corrected chi connectivity index (χ4v) is 2.86. The fourth-order valence-electron chi connectivity index (χ4n) is 2.86. The molecule has 1 atom stereocenters. The highest BCUT2D eigenvalue weighted by Crippen LogP contribution is 2.23. The van der Waals surface area contributed by atoms with E-state index >= 15 is 0 Å². The van der Waals surface area contributed by atoms with Crippen molar-refractivity contribution in [2.45, 2.75) is 72.4 Å². The second-order valence-corrected chi connectivity index (χ2v) is 6.10. The van der Waals surface area contributed by atoms with Gasteiger partial charge in [0.05, 0.1) is 0 Å². The van der Waals surface area contributed by atoms with Gasteiger partial charge in [-0.15, -0.1) is 0 Å². The molecule has 0 aromatic heterocycles. The van der Waals surface area contributed by atoms with E-state index in [1.807, 2.05) is 0 Å². The summed E-state index contributed by atoms with van der Waals surface area (Å²) in [6.45, 7) is 13.4. The van der Waals surface area contributed by atoms with Crippen molar-refractivity contribution in [2.75, 3.05) is 18.0 Å². The molecule has 0 heterocycles. The summed E-state index contributed by atoms with van der Waals surface area (Å²) in [5.74, 6) is 0. The van der Waals surface area contributed by atoms with Gasteiger partial charge in [-0.25, -0.2) is 0 Å². The zero-order valence-electron chi connectivity index (χ0n) is 14.7. The third kappa shape index (κ3) is 5.70. The summed E-state index contributed by atoms with van der Waals surface area (Å²) < 4.78 is 0. The molecule has 0 bridgehead atoms. The minimum atomic E-state index is 0.483. The van der Waals surface area contributed by atoms with Crippen LogP contribution in [0.2, 0.25) is 0 Å². The third-order valence-electron chi connectivity index (χ3n) is 4.11. The summed E-state index contributed by atoms with van der Waals surface area (Å²) in [5, 5.41) is 3.55. The molecule has 120 valence electrons. The van der Waals surface area contributed by atoms with Crippen molar-refractivity contribution in [3.63, 3.8) is 0 Å². The van der Waals surface area contributed by atoms with E-state index in [0.717, 1.165) is 19.5 Å². The molecule has 0 saturated carbocycles. The molecule has 1 aromatic carbocycles. The molecular formula is C19H34N2. The molecule has 2 nitrogen and oxygen atoms in total. The topological polar surface area (TPSA) is 15.3 Å². The minimum absolute atomic E-state index is 0.483. The monoisotopic (exact) mass is 290 g/mol. The Morgan fingerprint density at radius 2 is 1.67 bits per heavy atom. The van der Waals surface area contributed by atoms with Crippen molar-refractivity contribution in [1.82, 2.24) is 5.32 Å². The van der Waals surface area contributed by atoms with E-state index in [1.54, 1.807) is 0 Å². The quantitative estimate of drug-likeness (QED) is 0.599. The van der Waals surface area contributed by atoms with Gasteiger partial charge < -0.3 is 10.2 Å². The zero-order chi connectivity index (χ0) is 15.7. The van der Waals surface area contributed by atoms with Crippen LogP contribution < -0.4 is 10.2 Å². The minimum Gasteiger partial charge on any atom is -0.369 e. The normalized spacial score (nSPS) is 12.7. The molecule has 0 amide bonds. The molecule has 0 aliphatic heterocycles. The maximum Gasteiger partial charge on any atom is 0.0368 e. The van der Waals surface area contributed by atoms with Crippen LogP contribution in [0.1, 0.15) is 71.9 Å². The fraction of sp³-hybridized carbons (Fsp3) is 0.684. The first kappa shape index (κ1) is 18.0. The van der Waals surface area contributed by atoms with Gasteiger partial charge >= 0.3 is 0 Å². The maximum absolute atomic E-state index is 3.55. The summed E-state index contributed by atoms with van der Waals surface area (Å²) in [4.78, 5) is 2.52. The van der Waals surface area contributed by atoms with Gasteiger partial charge in [0.1, 0.15) is 0 Å². The predicted octanol–water partition coefficient (Wildman–Crippen LogP) is 5.15. The van der Waals surface area contributed by atoms with Crippen LogP contribution in [-0.2, 0) is 0 Å². The highest BCUT2D eigenvalue weighted by Gasteiger charge is 2.12. The van der Waals surface area contributed by atoms with Crippen LogP contribution in [0.4, 0.5) is 5.69 Å². The largest absolute Gasteiger partial charge is 0.369 e. The second kappa shape index (κ2) is 9.83. The molecule has 0 aliphatic rings. The van der Waals surface area contributed by atoms with Crippen molar-refractivity contribution in [2.24, 2.45) is 0 Å². The van der Waals surface area contributed by atoms with Crippen LogP contribution in [0, 0.1) is 0 Å². The number of nitrogens with one attached hydrogen (secondary N) is 1. The van der Waals surface area contributed by atoms with Crippen LogP contribution in [0.15, 0.2) is 24.3 Å². The Morgan fingerprint density at radius 3 is 2.14 bits per heavy atom. The summed E-state index contributed by atoms with van der Waals surface area (Å²) in [7, 11) is 0. The van der Waals surface area contributed by atoms with Gasteiger partial charge in [-0.05, 0) is 50.9 Å². The summed E-state index contributed by atoms with van der Waals surface area (Å²) in [5.41, 5.74) is 2.76. The first-order chi connectivity index (χ1) is 10.1. The number of rotatable bonds is 10. The smallest absolute Gasteiger partial charge is 0.0368 e. The highest BCUT2D eigenvalue weighted by molar-refractivity contribution is 5.48. The van der Waals surface area contributed by atoms with E-state index in [0.29, 0.717) is 12.1 Å². The molecule has 0 fully saturated rings. The lowest BCUT2D eigenvalue weighted by Crippen LogP contribution is -2.31. The Labute approximate surface area is 131 Å². The molecule has 0 spiro atoms. The summed E-state index contributed by atoms with van der Waals surface area (Å²) in [6, 6.07) is 10.2. The van der Waals surface area contributed by atoms with E-state index in [-0.39, 0.29) is 0 Å². The number of hydrogen-bond acceptors (Lipinski definition) is 2. The number of anilines is 1. The molecule has 1 N–H and O–H groups in total. The van der Waals surface area contributed by atoms with E-state index in [4.69, 9.17) is 0 Å². The van der Waals surface area contributed by atoms with Crippen LogP contribution in [0.5, 0.6) is 0 Å². The first-order valence-corrected chi connectivity index (χ1v) is 8.73. The van der Waals surface area contributed by atoms with Crippen LogP contribution in [0.25, 0.3) is 0 Å². The van der Waals surface area contributed by atoms with Crippen LogP contribution in [0.3, 0.4) is 0 Å². The molecular weight excluding hydrogens is 256 g/mol. The molecule has 1 rings (SSSR count). The molecule has 0 saturated heterocycles. The van der Waals surface area contributed by atoms with E-state index in [1.165, 1.54) is 30.5 Å². The van der Waals surface area contributed by atoms with Crippen molar-refractivity contribution < 1.29 is 0 Å². The van der Waals surface area contributed by atoms with Gasteiger partial charge in [-0.1, -0.05) is 45.7 Å². The Kier molecular flexibility index (Phi) is 8.44. The predicted molar refractivity (Wildman–Crippen MR) is 95.2 cm³/mol. The first-order valence-electron chi connectivity index (χ1n) is 8.73. The summed E-state index contributed by atoms with van der Waals surface area (Å²) >= 11 is 0. The number of hydrogen-bond donors (Lipinski definition) is 1. The SMILES string of the molecule is CCCCCN(c1ccc(C(CC)NCC)cc1)C(C)C. The van der Waals surface area contributed by atoms with E-state index in [9.17, 15) is 0 Å². The van der Waals surface area contributed by atoms with E-state index in [2.05, 4.69) is 69.1 Å². The Bertz CT molecular complexity index is 370. The van der Waals surface area contributed by atoms with Gasteiger partial charge in [0.15, 0.2) is 0 Å². The average Bonchev–Trinajstić information content (AvgIpc) is 2.49. The molecule has 2 heteroatoms. The van der Waals surface area contributed by atoms with Gasteiger partial charge in [0.2, 0.25) is 0 Å². The Balaban J connectivity index is 2.77. The zero-order valence-corrected chi connectivity index (χ0v) is 14.7. The van der Waals surface area contributed by atoms with Gasteiger partial charge in [0.25, 0.3) is 0 Å². The molecule has 0 aliphatic carbocycles. The van der Waals surface area contributed by atoms with Crippen molar-refractivity contribution >= 4 is 5.69 Å². The van der Waals surface area contributed by atoms with Gasteiger partial charge in [-0.3, -0.25) is 0 Å². The van der Waals surface area contributed by atoms with Crippen LogP contribution in [-0.4, -0.2) is 19.1 Å². The highest BCUT2D eigenvalue weighted by atomic mass is 15.1. The molecule has 0 radical (unpaired) electrons. The second-order valence-electron chi connectivity index (χ2n) is 6.10. The standard InChI is InChI=1S/C19H34N2/c1-6-9-10-15-21(16(4)5)18-13-11-17(12-14-18)19(7-2)20-8-3/h11-14,16,19-20H,6-10,15H2,1-5H3. The lowest BCUT2D eigenvalue weighted by atomic mass is 10.0. The van der Waals surface area contributed by atoms with Gasteiger partial charge in [0, 0.05) is 24.3 Å². The number of nitrogens with zero attached hydrogens (tertiary/aromatic N) is 1.